The molecule has 2 atom stereocenters. The second-order valence-electron chi connectivity index (χ2n) is 4.73. The van der Waals surface area contributed by atoms with Crippen LogP contribution in [-0.4, -0.2) is 19.9 Å². The monoisotopic (exact) mass is 260 g/mol. The highest BCUT2D eigenvalue weighted by molar-refractivity contribution is 7.91. The van der Waals surface area contributed by atoms with Crippen LogP contribution in [0.4, 0.5) is 0 Å². The molecule has 1 saturated carbocycles. The van der Waals surface area contributed by atoms with Gasteiger partial charge in [0.25, 0.3) is 0 Å². The van der Waals surface area contributed by atoms with E-state index in [9.17, 15) is 8.42 Å². The Labute approximate surface area is 106 Å². The Morgan fingerprint density at radius 2 is 1.67 bits per heavy atom. The Bertz CT molecular complexity index is 648. The van der Waals surface area contributed by atoms with Crippen LogP contribution in [0, 0.1) is 35.0 Å². The third kappa shape index (κ3) is 1.68. The van der Waals surface area contributed by atoms with Gasteiger partial charge in [0.05, 0.1) is 12.1 Å². The molecule has 0 N–H and O–H groups in total. The average molecular weight is 260 g/mol. The van der Waals surface area contributed by atoms with Gasteiger partial charge in [-0.05, 0) is 12.5 Å². The van der Waals surface area contributed by atoms with Crippen LogP contribution < -0.4 is 0 Å². The lowest BCUT2D eigenvalue weighted by atomic mass is 10.0. The molecule has 0 spiro atoms. The molecule has 2 rings (SSSR count). The quantitative estimate of drug-likeness (QED) is 0.807. The minimum atomic E-state index is -3.41. The molecule has 92 valence electrons. The van der Waals surface area contributed by atoms with Crippen LogP contribution in [0.1, 0.15) is 17.0 Å². The van der Waals surface area contributed by atoms with Crippen LogP contribution in [0.15, 0.2) is 24.3 Å². The van der Waals surface area contributed by atoms with Crippen molar-refractivity contribution >= 4 is 9.84 Å². The average Bonchev–Trinajstić information content (AvgIpc) is 3.00. The van der Waals surface area contributed by atoms with E-state index in [1.54, 1.807) is 12.1 Å². The summed E-state index contributed by atoms with van der Waals surface area (Å²) in [5.41, 5.74) is 0.358. The van der Waals surface area contributed by atoms with Gasteiger partial charge < -0.3 is 0 Å². The summed E-state index contributed by atoms with van der Waals surface area (Å²) in [7, 11) is -3.41. The number of rotatable bonds is 2. The van der Waals surface area contributed by atoms with E-state index in [1.807, 2.05) is 31.2 Å². The minimum absolute atomic E-state index is 0.539. The lowest BCUT2D eigenvalue weighted by Gasteiger charge is -2.00. The maximum absolute atomic E-state index is 11.7. The summed E-state index contributed by atoms with van der Waals surface area (Å²) in [6.45, 7) is 1.92. The zero-order valence-electron chi connectivity index (χ0n) is 10.1. The van der Waals surface area contributed by atoms with Crippen molar-refractivity contribution in [1.29, 1.82) is 10.5 Å². The normalized spacial score (nSPS) is 24.9. The largest absolute Gasteiger partial charge is 0.229 e. The highest BCUT2D eigenvalue weighted by atomic mass is 32.2. The third-order valence-corrected chi connectivity index (χ3v) is 4.97. The molecule has 0 radical (unpaired) electrons. The first-order chi connectivity index (χ1) is 8.36. The molecule has 18 heavy (non-hydrogen) atoms. The number of nitriles is 2. The summed E-state index contributed by atoms with van der Waals surface area (Å²) in [5, 5.41) is 17.4. The Kier molecular flexibility index (Phi) is 2.68. The van der Waals surface area contributed by atoms with E-state index in [1.165, 1.54) is 0 Å². The molecule has 0 heterocycles. The summed E-state index contributed by atoms with van der Waals surface area (Å²) in [4.78, 5) is 0. The van der Waals surface area contributed by atoms with Crippen molar-refractivity contribution in [3.8, 4) is 12.1 Å². The lowest BCUT2D eigenvalue weighted by molar-refractivity contribution is 0.597. The van der Waals surface area contributed by atoms with Gasteiger partial charge in [-0.15, -0.1) is 0 Å². The van der Waals surface area contributed by atoms with E-state index >= 15 is 0 Å². The molecule has 0 aromatic heterocycles. The van der Waals surface area contributed by atoms with Crippen molar-refractivity contribution in [3.05, 3.63) is 35.4 Å². The summed E-state index contributed by atoms with van der Waals surface area (Å²) < 4.78 is 23.4. The number of sulfone groups is 1. The molecule has 1 fully saturated rings. The Morgan fingerprint density at radius 1 is 1.17 bits per heavy atom. The lowest BCUT2D eigenvalue weighted by Crippen LogP contribution is -2.11. The Hall–Kier alpha value is -1.85. The van der Waals surface area contributed by atoms with Gasteiger partial charge in [0.15, 0.2) is 15.3 Å². The van der Waals surface area contributed by atoms with Crippen LogP contribution in [0.3, 0.4) is 0 Å². The van der Waals surface area contributed by atoms with E-state index in [0.717, 1.165) is 17.4 Å². The third-order valence-electron chi connectivity index (χ3n) is 3.40. The number of aryl methyl sites for hydroxylation is 1. The van der Waals surface area contributed by atoms with Crippen LogP contribution in [0.5, 0.6) is 0 Å². The zero-order chi connectivity index (χ0) is 13.6. The summed E-state index contributed by atoms with van der Waals surface area (Å²) in [5.74, 6) is -0.539. The molecule has 1 aromatic carbocycles. The van der Waals surface area contributed by atoms with Crippen molar-refractivity contribution in [2.75, 3.05) is 6.26 Å². The first-order valence-electron chi connectivity index (χ1n) is 5.45. The van der Waals surface area contributed by atoms with Crippen molar-refractivity contribution in [3.63, 3.8) is 0 Å². The van der Waals surface area contributed by atoms with Crippen molar-refractivity contribution in [2.24, 2.45) is 5.41 Å². The van der Waals surface area contributed by atoms with Gasteiger partial charge in [-0.3, -0.25) is 0 Å². The van der Waals surface area contributed by atoms with Gasteiger partial charge in [-0.25, -0.2) is 8.42 Å². The second-order valence-corrected chi connectivity index (χ2v) is 6.90. The summed E-state index contributed by atoms with van der Waals surface area (Å²) in [6.07, 6.45) is 1.08. The van der Waals surface area contributed by atoms with Crippen molar-refractivity contribution in [2.45, 2.75) is 18.1 Å². The maximum Gasteiger partial charge on any atom is 0.169 e. The molecular formula is C13H12N2O2S. The standard InChI is InChI=1S/C13H12N2O2S/c1-9-3-5-10(6-4-9)11-12(18(2,16)17)13(11,7-14)8-15/h3-6,11-12H,1-2H3/t11-,12+/m1/s1. The Morgan fingerprint density at radius 3 is 2.00 bits per heavy atom. The van der Waals surface area contributed by atoms with Crippen LogP contribution in [-0.2, 0) is 9.84 Å². The molecule has 1 aliphatic carbocycles. The molecule has 1 aromatic rings. The van der Waals surface area contributed by atoms with Gasteiger partial charge >= 0.3 is 0 Å². The van der Waals surface area contributed by atoms with E-state index in [-0.39, 0.29) is 0 Å². The van der Waals surface area contributed by atoms with Gasteiger partial charge in [0.1, 0.15) is 5.25 Å². The predicted octanol–water partition coefficient (Wildman–Crippen LogP) is 1.54. The molecule has 0 aliphatic heterocycles. The minimum Gasteiger partial charge on any atom is -0.229 e. The highest BCUT2D eigenvalue weighted by Crippen LogP contribution is 2.62. The van der Waals surface area contributed by atoms with Gasteiger partial charge in [0, 0.05) is 12.2 Å². The first-order valence-corrected chi connectivity index (χ1v) is 7.40. The number of benzene rings is 1. The van der Waals surface area contributed by atoms with Crippen LogP contribution >= 0.6 is 0 Å². The molecule has 0 saturated heterocycles. The Balaban J connectivity index is 2.50. The highest BCUT2D eigenvalue weighted by Gasteiger charge is 2.72. The van der Waals surface area contributed by atoms with E-state index in [4.69, 9.17) is 10.5 Å². The maximum atomic E-state index is 11.7. The molecule has 0 unspecified atom stereocenters. The molecule has 0 amide bonds. The van der Waals surface area contributed by atoms with E-state index < -0.39 is 26.4 Å². The fraction of sp³-hybridized carbons (Fsp3) is 0.385. The van der Waals surface area contributed by atoms with Crippen LogP contribution in [0.2, 0.25) is 0 Å². The second kappa shape index (κ2) is 3.83. The fourth-order valence-electron chi connectivity index (χ4n) is 2.44. The van der Waals surface area contributed by atoms with Gasteiger partial charge in [-0.1, -0.05) is 29.8 Å². The smallest absolute Gasteiger partial charge is 0.169 e. The molecule has 4 nitrogen and oxygen atoms in total. The molecule has 1 aliphatic rings. The fourth-order valence-corrected chi connectivity index (χ4v) is 4.16. The number of nitrogens with zero attached hydrogens (tertiary/aromatic N) is 2. The predicted molar refractivity (Wildman–Crippen MR) is 66.2 cm³/mol. The van der Waals surface area contributed by atoms with E-state index in [2.05, 4.69) is 0 Å². The zero-order valence-corrected chi connectivity index (χ0v) is 10.9. The molecular weight excluding hydrogens is 248 g/mol. The molecule has 5 heteroatoms. The van der Waals surface area contributed by atoms with Crippen molar-refractivity contribution in [1.82, 2.24) is 0 Å². The van der Waals surface area contributed by atoms with Gasteiger partial charge in [-0.2, -0.15) is 10.5 Å². The summed E-state index contributed by atoms with van der Waals surface area (Å²) in [6, 6.07) is 11.0. The number of hydrogen-bond donors (Lipinski definition) is 0. The molecule has 0 bridgehead atoms. The van der Waals surface area contributed by atoms with E-state index in [0.29, 0.717) is 0 Å². The van der Waals surface area contributed by atoms with Crippen molar-refractivity contribution < 1.29 is 8.42 Å². The van der Waals surface area contributed by atoms with Crippen LogP contribution in [0.25, 0.3) is 0 Å². The topological polar surface area (TPSA) is 81.7 Å². The van der Waals surface area contributed by atoms with Gasteiger partial charge in [0.2, 0.25) is 0 Å². The number of hydrogen-bond acceptors (Lipinski definition) is 4. The first kappa shape index (κ1) is 12.6. The summed E-state index contributed by atoms with van der Waals surface area (Å²) >= 11 is 0. The SMILES string of the molecule is Cc1ccc([C@@H]2[C@H](S(C)(=O)=O)C2(C#N)C#N)cc1.